The summed E-state index contributed by atoms with van der Waals surface area (Å²) in [6, 6.07) is 10.1. The molecule has 0 aliphatic rings. The highest BCUT2D eigenvalue weighted by atomic mass is 32.2. The van der Waals surface area contributed by atoms with Gasteiger partial charge in [-0.25, -0.2) is 0 Å². The van der Waals surface area contributed by atoms with Gasteiger partial charge in [-0.15, -0.1) is 5.10 Å². The highest BCUT2D eigenvalue weighted by Crippen LogP contribution is 2.14. The Morgan fingerprint density at radius 2 is 2.11 bits per heavy atom. The lowest BCUT2D eigenvalue weighted by atomic mass is 10.1. The molecule has 100 valence electrons. The Balaban J connectivity index is 2.10. The van der Waals surface area contributed by atoms with Crippen LogP contribution in [0.1, 0.15) is 18.5 Å². The normalized spacial score (nSPS) is 12.1. The van der Waals surface area contributed by atoms with Crippen molar-refractivity contribution < 1.29 is 0 Å². The third-order valence-corrected chi connectivity index (χ3v) is 3.46. The second-order valence-electron chi connectivity index (χ2n) is 3.95. The first-order chi connectivity index (χ1) is 9.11. The Hall–Kier alpha value is -1.60. The number of nitrogens with zero attached hydrogens (tertiary/aromatic N) is 3. The summed E-state index contributed by atoms with van der Waals surface area (Å²) in [6.07, 6.45) is 1.89. The Morgan fingerprint density at radius 3 is 2.68 bits per heavy atom. The molecule has 19 heavy (non-hydrogen) atoms. The Bertz CT molecular complexity index is 567. The summed E-state index contributed by atoms with van der Waals surface area (Å²) in [7, 11) is 0. The molecule has 1 atom stereocenters. The number of anilines is 1. The van der Waals surface area contributed by atoms with Crippen molar-refractivity contribution in [2.75, 3.05) is 12.0 Å². The Morgan fingerprint density at radius 1 is 1.42 bits per heavy atom. The van der Waals surface area contributed by atoms with E-state index in [9.17, 15) is 0 Å². The quantitative estimate of drug-likeness (QED) is 0.667. The van der Waals surface area contributed by atoms with Gasteiger partial charge >= 0.3 is 0 Å². The zero-order valence-corrected chi connectivity index (χ0v) is 12.3. The number of aromatic nitrogens is 3. The first-order valence-corrected chi connectivity index (χ1v) is 7.37. The van der Waals surface area contributed by atoms with E-state index in [0.29, 0.717) is 16.2 Å². The molecule has 0 saturated heterocycles. The SMILES string of the molecule is CSc1nc(N)n(C(=S)NC(C)c2ccccc2)n1. The minimum absolute atomic E-state index is 0.0787. The average molecular weight is 293 g/mol. The van der Waals surface area contributed by atoms with Crippen LogP contribution in [0.25, 0.3) is 0 Å². The molecule has 0 bridgehead atoms. The van der Waals surface area contributed by atoms with E-state index in [1.165, 1.54) is 16.4 Å². The van der Waals surface area contributed by atoms with Crippen LogP contribution in [0.5, 0.6) is 0 Å². The fraction of sp³-hybridized carbons (Fsp3) is 0.250. The monoisotopic (exact) mass is 293 g/mol. The second-order valence-corrected chi connectivity index (χ2v) is 5.11. The van der Waals surface area contributed by atoms with Crippen LogP contribution in [0.3, 0.4) is 0 Å². The summed E-state index contributed by atoms with van der Waals surface area (Å²) in [5, 5.41) is 8.46. The molecule has 0 saturated carbocycles. The van der Waals surface area contributed by atoms with Crippen LogP contribution < -0.4 is 11.1 Å². The minimum Gasteiger partial charge on any atom is -0.368 e. The van der Waals surface area contributed by atoms with Crippen LogP contribution in [0.15, 0.2) is 35.5 Å². The maximum atomic E-state index is 5.78. The predicted molar refractivity (Wildman–Crippen MR) is 82.2 cm³/mol. The van der Waals surface area contributed by atoms with Crippen molar-refractivity contribution in [2.24, 2.45) is 0 Å². The molecular weight excluding hydrogens is 278 g/mol. The van der Waals surface area contributed by atoms with Crippen molar-refractivity contribution in [3.05, 3.63) is 35.9 Å². The van der Waals surface area contributed by atoms with Gasteiger partial charge in [0.25, 0.3) is 0 Å². The van der Waals surface area contributed by atoms with Crippen molar-refractivity contribution in [3.63, 3.8) is 0 Å². The lowest BCUT2D eigenvalue weighted by Gasteiger charge is -2.16. The van der Waals surface area contributed by atoms with Gasteiger partial charge in [0.1, 0.15) is 0 Å². The molecule has 5 nitrogen and oxygen atoms in total. The number of rotatable bonds is 3. The molecule has 0 aliphatic carbocycles. The van der Waals surface area contributed by atoms with Crippen LogP contribution in [0.2, 0.25) is 0 Å². The molecule has 0 fully saturated rings. The van der Waals surface area contributed by atoms with E-state index < -0.39 is 0 Å². The van der Waals surface area contributed by atoms with E-state index in [2.05, 4.69) is 15.4 Å². The van der Waals surface area contributed by atoms with Gasteiger partial charge in [-0.05, 0) is 31.0 Å². The first kappa shape index (κ1) is 13.8. The second kappa shape index (κ2) is 6.03. The van der Waals surface area contributed by atoms with Crippen LogP contribution in [-0.2, 0) is 0 Å². The zero-order valence-electron chi connectivity index (χ0n) is 10.7. The summed E-state index contributed by atoms with van der Waals surface area (Å²) in [5.74, 6) is 0.294. The smallest absolute Gasteiger partial charge is 0.226 e. The van der Waals surface area contributed by atoms with E-state index in [1.54, 1.807) is 0 Å². The van der Waals surface area contributed by atoms with Gasteiger partial charge in [0.05, 0.1) is 6.04 Å². The van der Waals surface area contributed by atoms with E-state index in [-0.39, 0.29) is 6.04 Å². The van der Waals surface area contributed by atoms with Crippen LogP contribution in [-0.4, -0.2) is 26.1 Å². The van der Waals surface area contributed by atoms with Gasteiger partial charge in [0.15, 0.2) is 5.11 Å². The van der Waals surface area contributed by atoms with Crippen molar-refractivity contribution in [1.82, 2.24) is 20.1 Å². The maximum Gasteiger partial charge on any atom is 0.226 e. The van der Waals surface area contributed by atoms with Gasteiger partial charge in [0, 0.05) is 0 Å². The average Bonchev–Trinajstić information content (AvgIpc) is 2.81. The fourth-order valence-electron chi connectivity index (χ4n) is 1.61. The standard InChI is InChI=1S/C12H15N5S2/c1-8(9-6-4-3-5-7-9)14-12(18)17-10(13)15-11(16-17)19-2/h3-8H,1-2H3,(H,14,18)(H2,13,15,16). The van der Waals surface area contributed by atoms with Gasteiger partial charge in [-0.2, -0.15) is 9.67 Å². The lowest BCUT2D eigenvalue weighted by Crippen LogP contribution is -2.32. The molecule has 1 aromatic carbocycles. The van der Waals surface area contributed by atoms with E-state index in [0.717, 1.165) is 5.56 Å². The molecular formula is C12H15N5S2. The summed E-state index contributed by atoms with van der Waals surface area (Å²) in [6.45, 7) is 2.03. The highest BCUT2D eigenvalue weighted by molar-refractivity contribution is 7.98. The van der Waals surface area contributed by atoms with Crippen molar-refractivity contribution in [1.29, 1.82) is 0 Å². The maximum absolute atomic E-state index is 5.78. The predicted octanol–water partition coefficient (Wildman–Crippen LogP) is 2.07. The number of hydrogen-bond acceptors (Lipinski definition) is 5. The van der Waals surface area contributed by atoms with Gasteiger partial charge in [-0.3, -0.25) is 0 Å². The molecule has 7 heteroatoms. The number of benzene rings is 1. The zero-order chi connectivity index (χ0) is 13.8. The number of hydrogen-bond donors (Lipinski definition) is 2. The molecule has 2 rings (SSSR count). The largest absolute Gasteiger partial charge is 0.368 e. The first-order valence-electron chi connectivity index (χ1n) is 5.74. The van der Waals surface area contributed by atoms with Gasteiger partial charge in [-0.1, -0.05) is 42.1 Å². The van der Waals surface area contributed by atoms with Crippen molar-refractivity contribution in [2.45, 2.75) is 18.1 Å². The van der Waals surface area contributed by atoms with Gasteiger partial charge < -0.3 is 11.1 Å². The molecule has 1 heterocycles. The third-order valence-electron chi connectivity index (χ3n) is 2.63. The number of nitrogens with two attached hydrogens (primary N) is 1. The van der Waals surface area contributed by atoms with Gasteiger partial charge in [0.2, 0.25) is 11.1 Å². The fourth-order valence-corrected chi connectivity index (χ4v) is 2.27. The summed E-state index contributed by atoms with van der Waals surface area (Å²) >= 11 is 6.73. The highest BCUT2D eigenvalue weighted by Gasteiger charge is 2.13. The Labute approximate surface area is 121 Å². The summed E-state index contributed by atoms with van der Waals surface area (Å²) in [4.78, 5) is 4.10. The van der Waals surface area contributed by atoms with Crippen LogP contribution in [0.4, 0.5) is 5.95 Å². The summed E-state index contributed by atoms with van der Waals surface area (Å²) in [5.41, 5.74) is 6.93. The molecule has 3 N–H and O–H groups in total. The van der Waals surface area contributed by atoms with Crippen molar-refractivity contribution in [3.8, 4) is 0 Å². The molecule has 0 amide bonds. The number of nitrogen functional groups attached to an aromatic ring is 1. The van der Waals surface area contributed by atoms with E-state index in [4.69, 9.17) is 18.0 Å². The molecule has 1 unspecified atom stereocenters. The molecule has 0 spiro atoms. The Kier molecular flexibility index (Phi) is 4.39. The third kappa shape index (κ3) is 3.24. The molecule has 1 aromatic heterocycles. The number of nitrogens with one attached hydrogen (secondary N) is 1. The van der Waals surface area contributed by atoms with Crippen LogP contribution in [0, 0.1) is 0 Å². The lowest BCUT2D eigenvalue weighted by molar-refractivity contribution is 0.695. The molecule has 2 aromatic rings. The van der Waals surface area contributed by atoms with Crippen LogP contribution >= 0.6 is 24.0 Å². The topological polar surface area (TPSA) is 68.8 Å². The molecule has 0 aliphatic heterocycles. The van der Waals surface area contributed by atoms with E-state index >= 15 is 0 Å². The van der Waals surface area contributed by atoms with Crippen molar-refractivity contribution >= 4 is 35.0 Å². The number of thioether (sulfide) groups is 1. The minimum atomic E-state index is 0.0787. The molecule has 0 radical (unpaired) electrons. The summed E-state index contributed by atoms with van der Waals surface area (Å²) < 4.78 is 1.45. The number of thiocarbonyl (C=S) groups is 1. The van der Waals surface area contributed by atoms with E-state index in [1.807, 2.05) is 43.5 Å².